The van der Waals surface area contributed by atoms with Crippen LogP contribution in [0.25, 0.3) is 27.7 Å². The van der Waals surface area contributed by atoms with E-state index in [0.29, 0.717) is 61.2 Å². The molecule has 4 heterocycles. The number of anilines is 2. The van der Waals surface area contributed by atoms with Gasteiger partial charge >= 0.3 is 6.01 Å². The van der Waals surface area contributed by atoms with Gasteiger partial charge in [-0.25, -0.2) is 22.0 Å². The highest BCUT2D eigenvalue weighted by atomic mass is 19.3. The van der Waals surface area contributed by atoms with Crippen molar-refractivity contribution in [2.45, 2.75) is 77.1 Å². The predicted octanol–water partition coefficient (Wildman–Crippen LogP) is 7.01. The first-order chi connectivity index (χ1) is 24.0. The third-order valence-electron chi connectivity index (χ3n) is 10.2. The Morgan fingerprint density at radius 1 is 1.16 bits per heavy atom. The fraction of sp³-hybridized carbons (Fsp3) is 0.541. The Labute approximate surface area is 289 Å². The van der Waals surface area contributed by atoms with Gasteiger partial charge in [-0.05, 0) is 50.4 Å². The van der Waals surface area contributed by atoms with E-state index in [4.69, 9.17) is 21.6 Å². The number of halogens is 5. The predicted molar refractivity (Wildman–Crippen MR) is 184 cm³/mol. The van der Waals surface area contributed by atoms with Gasteiger partial charge < -0.3 is 25.0 Å². The Morgan fingerprint density at radius 3 is 2.58 bits per heavy atom. The zero-order valence-corrected chi connectivity index (χ0v) is 28.8. The van der Waals surface area contributed by atoms with Crippen LogP contribution in [0.5, 0.6) is 6.01 Å². The molecule has 2 aliphatic heterocycles. The molecule has 13 heteroatoms. The Hall–Kier alpha value is -4.02. The van der Waals surface area contributed by atoms with Crippen molar-refractivity contribution in [2.24, 2.45) is 11.8 Å². The number of pyridine rings is 1. The highest BCUT2D eigenvalue weighted by Gasteiger charge is 2.57. The van der Waals surface area contributed by atoms with Crippen molar-refractivity contribution < 1.29 is 31.4 Å². The van der Waals surface area contributed by atoms with Crippen LogP contribution in [0.2, 0.25) is 0 Å². The molecule has 3 aromatic rings. The number of ether oxygens (including phenoxy) is 2. The Bertz CT molecular complexity index is 1830. The number of alkyl halides is 3. The summed E-state index contributed by atoms with van der Waals surface area (Å²) in [6.07, 6.45) is 9.00. The third-order valence-corrected chi connectivity index (χ3v) is 10.2. The Balaban J connectivity index is 0.000000259. The largest absolute Gasteiger partial charge is 0.467 e. The van der Waals surface area contributed by atoms with Crippen LogP contribution in [0, 0.1) is 30.0 Å². The lowest BCUT2D eigenvalue weighted by molar-refractivity contribution is 0.0864. The molecule has 5 unspecified atom stereocenters. The molecule has 4 fully saturated rings. The summed E-state index contributed by atoms with van der Waals surface area (Å²) in [5, 5.41) is 0.300. The van der Waals surface area contributed by atoms with Crippen LogP contribution in [0.4, 0.5) is 33.5 Å². The van der Waals surface area contributed by atoms with E-state index in [-0.39, 0.29) is 53.0 Å². The van der Waals surface area contributed by atoms with E-state index in [2.05, 4.69) is 32.7 Å². The van der Waals surface area contributed by atoms with Crippen molar-refractivity contribution in [2.75, 3.05) is 50.6 Å². The number of nitrogens with two attached hydrogens (primary N) is 1. The first kappa shape index (κ1) is 35.8. The van der Waals surface area contributed by atoms with Crippen molar-refractivity contribution in [1.82, 2.24) is 19.9 Å². The molecule has 3 aliphatic carbocycles. The number of hydrogen-bond acceptors (Lipinski definition) is 8. The van der Waals surface area contributed by atoms with E-state index >= 15 is 4.39 Å². The smallest absolute Gasteiger partial charge is 0.318 e. The summed E-state index contributed by atoms with van der Waals surface area (Å²) in [5.74, 6) is -1.42. The second-order valence-electron chi connectivity index (χ2n) is 13.3. The number of rotatable bonds is 5. The van der Waals surface area contributed by atoms with E-state index in [1.54, 1.807) is 11.0 Å². The number of aromatic nitrogens is 3. The zero-order valence-electron chi connectivity index (χ0n) is 28.8. The average molecular weight is 699 g/mol. The summed E-state index contributed by atoms with van der Waals surface area (Å²) in [6.45, 7) is 8.85. The number of terminal acetylenes is 1. The van der Waals surface area contributed by atoms with Gasteiger partial charge in [0.1, 0.15) is 29.0 Å². The quantitative estimate of drug-likeness (QED) is 0.173. The van der Waals surface area contributed by atoms with E-state index in [0.717, 1.165) is 12.1 Å². The molecular formula is C37H43F5N6O2. The van der Waals surface area contributed by atoms with Gasteiger partial charge in [-0.15, -0.1) is 6.42 Å². The number of nitrogens with zero attached hydrogens (tertiary/aromatic N) is 5. The summed E-state index contributed by atoms with van der Waals surface area (Å²) in [7, 11) is 1.37. The number of likely N-dealkylation sites (tertiary alicyclic amines) is 1. The molecule has 2 saturated carbocycles. The molecule has 8 rings (SSSR count). The minimum Gasteiger partial charge on any atom is -0.467 e. The molecule has 0 radical (unpaired) electrons. The van der Waals surface area contributed by atoms with Crippen LogP contribution in [0.1, 0.15) is 57.6 Å². The SMILES string of the molecule is C#CC1=C(F)CCc2cc(N)cc(-c3ncc4c(N5CCOCC6C(F)C65)nc(OC)nc4c3F)c21.CC.CC1CCCN1CC1CC1(F)F. The van der Waals surface area contributed by atoms with Gasteiger partial charge in [0, 0.05) is 66.8 Å². The number of allylic oxidation sites excluding steroid dienone is 2. The fourth-order valence-electron chi connectivity index (χ4n) is 7.28. The van der Waals surface area contributed by atoms with Gasteiger partial charge in [-0.1, -0.05) is 19.8 Å². The van der Waals surface area contributed by atoms with Crippen LogP contribution < -0.4 is 15.4 Å². The van der Waals surface area contributed by atoms with Gasteiger partial charge in [-0.2, -0.15) is 9.97 Å². The molecule has 0 spiro atoms. The first-order valence-corrected chi connectivity index (χ1v) is 17.3. The zero-order chi connectivity index (χ0) is 35.9. The van der Waals surface area contributed by atoms with Crippen LogP contribution in [0.15, 0.2) is 24.2 Å². The van der Waals surface area contributed by atoms with Crippen molar-refractivity contribution >= 4 is 28.0 Å². The minimum absolute atomic E-state index is 0.0571. The van der Waals surface area contributed by atoms with Crippen LogP contribution >= 0.6 is 0 Å². The highest BCUT2D eigenvalue weighted by Crippen LogP contribution is 2.49. The molecule has 268 valence electrons. The maximum atomic E-state index is 16.2. The summed E-state index contributed by atoms with van der Waals surface area (Å²) in [4.78, 5) is 17.0. The second kappa shape index (κ2) is 14.3. The Morgan fingerprint density at radius 2 is 1.92 bits per heavy atom. The lowest BCUT2D eigenvalue weighted by Crippen LogP contribution is -2.31. The molecule has 2 N–H and O–H groups in total. The molecule has 8 nitrogen and oxygen atoms in total. The molecule has 5 aliphatic rings. The topological polar surface area (TPSA) is 89.6 Å². The molecule has 50 heavy (non-hydrogen) atoms. The lowest BCUT2D eigenvalue weighted by Gasteiger charge is -2.24. The van der Waals surface area contributed by atoms with Crippen molar-refractivity contribution in [3.63, 3.8) is 0 Å². The van der Waals surface area contributed by atoms with Gasteiger partial charge in [0.25, 0.3) is 5.92 Å². The first-order valence-electron chi connectivity index (χ1n) is 17.3. The molecule has 5 atom stereocenters. The van der Waals surface area contributed by atoms with Crippen molar-refractivity contribution in [3.05, 3.63) is 41.1 Å². The van der Waals surface area contributed by atoms with Gasteiger partial charge in [0.05, 0.1) is 37.3 Å². The highest BCUT2D eigenvalue weighted by molar-refractivity contribution is 5.96. The van der Waals surface area contributed by atoms with Gasteiger partial charge in [0.2, 0.25) is 0 Å². The summed E-state index contributed by atoms with van der Waals surface area (Å²) < 4.78 is 81.2. The molecule has 0 bridgehead atoms. The molecule has 1 aromatic carbocycles. The van der Waals surface area contributed by atoms with Gasteiger partial charge in [0.15, 0.2) is 5.82 Å². The number of benzene rings is 1. The van der Waals surface area contributed by atoms with Crippen molar-refractivity contribution in [3.8, 4) is 29.6 Å². The van der Waals surface area contributed by atoms with E-state index in [9.17, 15) is 17.6 Å². The van der Waals surface area contributed by atoms with Gasteiger partial charge in [-0.3, -0.25) is 4.98 Å². The van der Waals surface area contributed by atoms with Crippen molar-refractivity contribution in [1.29, 1.82) is 0 Å². The lowest BCUT2D eigenvalue weighted by atomic mass is 9.85. The van der Waals surface area contributed by atoms with Crippen LogP contribution in [0.3, 0.4) is 0 Å². The fourth-order valence-corrected chi connectivity index (χ4v) is 7.28. The van der Waals surface area contributed by atoms with E-state index < -0.39 is 29.8 Å². The summed E-state index contributed by atoms with van der Waals surface area (Å²) in [6, 6.07) is 3.27. The van der Waals surface area contributed by atoms with Crippen LogP contribution in [-0.4, -0.2) is 84.0 Å². The molecule has 2 saturated heterocycles. The number of nitrogen functional groups attached to an aromatic ring is 1. The molecule has 0 amide bonds. The van der Waals surface area contributed by atoms with E-state index in [1.165, 1.54) is 32.2 Å². The summed E-state index contributed by atoms with van der Waals surface area (Å²) in [5.41, 5.74) is 7.81. The maximum absolute atomic E-state index is 16.2. The monoisotopic (exact) mass is 698 g/mol. The maximum Gasteiger partial charge on any atom is 0.318 e. The Kier molecular flexibility index (Phi) is 10.2. The average Bonchev–Trinajstić information content (AvgIpc) is 3.91. The number of methoxy groups -OCH3 is 1. The normalized spacial score (nSPS) is 26.4. The third kappa shape index (κ3) is 6.72. The second-order valence-corrected chi connectivity index (χ2v) is 13.3. The number of hydrogen-bond donors (Lipinski definition) is 1. The standard InChI is InChI=1S/C26H22F3N5O2.C9H15F2N.C2H6/c1-3-14-18(27)5-4-12-8-13(30)9-15(19(12)14)22-21(29)23-16(10-31-22)25(33-26(32-23)35-2)34-6-7-36-11-17-20(28)24(17)34;1-7-3-2-4-12(7)6-8-5-9(8,10)11;1-2/h1,8-10,17,20,24H,4-7,11,30H2,2H3;7-8H,2-6H2,1H3;1-2H3. The number of fused-ring (bicyclic) bond motifs is 3. The summed E-state index contributed by atoms with van der Waals surface area (Å²) >= 11 is 0. The minimum atomic E-state index is -2.33. The molecule has 2 aromatic heterocycles. The number of aryl methyl sites for hydroxylation is 1. The van der Waals surface area contributed by atoms with Crippen LogP contribution in [-0.2, 0) is 11.2 Å². The molecular weight excluding hydrogens is 655 g/mol. The van der Waals surface area contributed by atoms with E-state index in [1.807, 2.05) is 13.8 Å².